The van der Waals surface area contributed by atoms with Crippen LogP contribution in [0.5, 0.6) is 0 Å². The number of hydrogen-bond donors (Lipinski definition) is 1. The first-order chi connectivity index (χ1) is 15.0. The van der Waals surface area contributed by atoms with Crippen LogP contribution in [0, 0.1) is 0 Å². The molecule has 168 valence electrons. The minimum atomic E-state index is -0.124. The molecule has 0 amide bonds. The first-order valence-electron chi connectivity index (χ1n) is 11.3. The van der Waals surface area contributed by atoms with Crippen LogP contribution in [0.25, 0.3) is 0 Å². The molecule has 2 aliphatic rings. The second kappa shape index (κ2) is 9.32. The number of aliphatic hydroxyl groups excluding tert-OH is 1. The molecular formula is C22H34N8O. The highest BCUT2D eigenvalue weighted by Crippen LogP contribution is 2.29. The molecule has 0 radical (unpaired) electrons. The quantitative estimate of drug-likeness (QED) is 0.728. The summed E-state index contributed by atoms with van der Waals surface area (Å²) in [5, 5.41) is 9.21. The zero-order valence-electron chi connectivity index (χ0n) is 18.9. The third-order valence-corrected chi connectivity index (χ3v) is 6.26. The van der Waals surface area contributed by atoms with Crippen molar-refractivity contribution in [1.29, 1.82) is 0 Å². The number of aromatic nitrogens is 4. The molecule has 0 spiro atoms. The molecule has 4 heterocycles. The van der Waals surface area contributed by atoms with Crippen LogP contribution in [0.1, 0.15) is 26.6 Å². The van der Waals surface area contributed by atoms with Gasteiger partial charge in [0.1, 0.15) is 17.5 Å². The summed E-state index contributed by atoms with van der Waals surface area (Å²) in [5.41, 5.74) is -0.124. The first kappa shape index (κ1) is 21.7. The van der Waals surface area contributed by atoms with E-state index in [1.165, 1.54) is 0 Å². The Kier molecular flexibility index (Phi) is 6.52. The lowest BCUT2D eigenvalue weighted by Gasteiger charge is -2.48. The van der Waals surface area contributed by atoms with Crippen LogP contribution < -0.4 is 14.7 Å². The Morgan fingerprint density at radius 2 is 1.61 bits per heavy atom. The molecule has 2 aromatic heterocycles. The van der Waals surface area contributed by atoms with Gasteiger partial charge in [0.15, 0.2) is 0 Å². The average Bonchev–Trinajstić information content (AvgIpc) is 2.79. The highest BCUT2D eigenvalue weighted by Gasteiger charge is 2.35. The third-order valence-electron chi connectivity index (χ3n) is 6.26. The van der Waals surface area contributed by atoms with Gasteiger partial charge in [-0.2, -0.15) is 4.98 Å². The molecule has 2 aromatic rings. The van der Waals surface area contributed by atoms with E-state index in [0.29, 0.717) is 12.2 Å². The minimum absolute atomic E-state index is 0.0597. The SMILES string of the molecule is CCN1CCN(c2nccc(N3CCN(c4ccnc(CCO)n4)C(C)(C)C3)n2)CC1. The van der Waals surface area contributed by atoms with Crippen molar-refractivity contribution in [3.8, 4) is 0 Å². The molecule has 1 N–H and O–H groups in total. The normalized spacial score (nSPS) is 19.7. The fourth-order valence-corrected chi connectivity index (χ4v) is 4.47. The maximum Gasteiger partial charge on any atom is 0.227 e. The summed E-state index contributed by atoms with van der Waals surface area (Å²) in [5.74, 6) is 3.42. The summed E-state index contributed by atoms with van der Waals surface area (Å²) >= 11 is 0. The van der Waals surface area contributed by atoms with Gasteiger partial charge in [0.2, 0.25) is 5.95 Å². The maximum atomic E-state index is 9.21. The first-order valence-corrected chi connectivity index (χ1v) is 11.3. The topological polar surface area (TPSA) is 84.8 Å². The van der Waals surface area contributed by atoms with Gasteiger partial charge in [-0.1, -0.05) is 6.92 Å². The third kappa shape index (κ3) is 4.88. The van der Waals surface area contributed by atoms with Gasteiger partial charge in [0.05, 0.1) is 12.1 Å². The fourth-order valence-electron chi connectivity index (χ4n) is 4.47. The lowest BCUT2D eigenvalue weighted by Crippen LogP contribution is -2.60. The van der Waals surface area contributed by atoms with Gasteiger partial charge in [-0.05, 0) is 32.5 Å². The number of rotatable bonds is 6. The van der Waals surface area contributed by atoms with Crippen molar-refractivity contribution in [2.45, 2.75) is 32.7 Å². The number of hydrogen-bond acceptors (Lipinski definition) is 9. The molecule has 4 rings (SSSR count). The lowest BCUT2D eigenvalue weighted by molar-refractivity contribution is 0.270. The number of anilines is 3. The molecule has 2 fully saturated rings. The second-order valence-electron chi connectivity index (χ2n) is 8.83. The standard InChI is InChI=1S/C22H34N8O/c1-4-27-10-12-28(13-11-27)21-24-9-5-19(26-21)29-14-15-30(22(2,3)17-29)20-6-8-23-18(25-20)7-16-31/h5-6,8-9,31H,4,7,10-17H2,1-3H3. The minimum Gasteiger partial charge on any atom is -0.396 e. The van der Waals surface area contributed by atoms with E-state index in [1.54, 1.807) is 6.20 Å². The number of nitrogens with zero attached hydrogens (tertiary/aromatic N) is 8. The highest BCUT2D eigenvalue weighted by atomic mass is 16.3. The molecule has 0 aromatic carbocycles. The van der Waals surface area contributed by atoms with E-state index < -0.39 is 0 Å². The molecule has 0 aliphatic carbocycles. The molecule has 31 heavy (non-hydrogen) atoms. The summed E-state index contributed by atoms with van der Waals surface area (Å²) in [7, 11) is 0. The van der Waals surface area contributed by atoms with E-state index in [9.17, 15) is 5.11 Å². The number of likely N-dealkylation sites (N-methyl/N-ethyl adjacent to an activating group) is 1. The van der Waals surface area contributed by atoms with E-state index in [1.807, 2.05) is 18.3 Å². The van der Waals surface area contributed by atoms with Gasteiger partial charge in [-0.25, -0.2) is 15.0 Å². The van der Waals surface area contributed by atoms with Crippen molar-refractivity contribution in [3.63, 3.8) is 0 Å². The van der Waals surface area contributed by atoms with Crippen LogP contribution in [0.2, 0.25) is 0 Å². The summed E-state index contributed by atoms with van der Waals surface area (Å²) in [6, 6.07) is 3.97. The van der Waals surface area contributed by atoms with Crippen LogP contribution in [0.4, 0.5) is 17.6 Å². The van der Waals surface area contributed by atoms with Gasteiger partial charge in [-0.3, -0.25) is 0 Å². The molecule has 2 saturated heterocycles. The molecule has 9 nitrogen and oxygen atoms in total. The van der Waals surface area contributed by atoms with Crippen LogP contribution in [0.15, 0.2) is 24.5 Å². The molecule has 0 bridgehead atoms. The van der Waals surface area contributed by atoms with E-state index in [4.69, 9.17) is 4.98 Å². The van der Waals surface area contributed by atoms with E-state index >= 15 is 0 Å². The van der Waals surface area contributed by atoms with Crippen LogP contribution >= 0.6 is 0 Å². The van der Waals surface area contributed by atoms with Gasteiger partial charge in [0, 0.05) is 64.6 Å². The van der Waals surface area contributed by atoms with E-state index in [-0.39, 0.29) is 12.1 Å². The van der Waals surface area contributed by atoms with Crippen molar-refractivity contribution in [3.05, 3.63) is 30.4 Å². The molecule has 2 aliphatic heterocycles. The van der Waals surface area contributed by atoms with Gasteiger partial charge in [0.25, 0.3) is 0 Å². The number of aliphatic hydroxyl groups is 1. The smallest absolute Gasteiger partial charge is 0.227 e. The molecule has 9 heteroatoms. The van der Waals surface area contributed by atoms with Crippen molar-refractivity contribution in [2.75, 3.05) is 73.7 Å². The Morgan fingerprint density at radius 3 is 2.32 bits per heavy atom. The lowest BCUT2D eigenvalue weighted by atomic mass is 9.98. The van der Waals surface area contributed by atoms with E-state index in [0.717, 1.165) is 69.9 Å². The zero-order chi connectivity index (χ0) is 21.8. The van der Waals surface area contributed by atoms with Crippen molar-refractivity contribution < 1.29 is 5.11 Å². The van der Waals surface area contributed by atoms with Crippen LogP contribution in [-0.2, 0) is 6.42 Å². The summed E-state index contributed by atoms with van der Waals surface area (Å²) in [6.07, 6.45) is 4.14. The average molecular weight is 427 g/mol. The molecular weight excluding hydrogens is 392 g/mol. The van der Waals surface area contributed by atoms with Gasteiger partial charge in [-0.15, -0.1) is 0 Å². The van der Waals surface area contributed by atoms with Crippen molar-refractivity contribution in [1.82, 2.24) is 24.8 Å². The largest absolute Gasteiger partial charge is 0.396 e. The predicted molar refractivity (Wildman–Crippen MR) is 123 cm³/mol. The fraction of sp³-hybridized carbons (Fsp3) is 0.636. The number of piperazine rings is 2. The molecule has 0 atom stereocenters. The Balaban J connectivity index is 1.46. The Morgan fingerprint density at radius 1 is 0.903 bits per heavy atom. The van der Waals surface area contributed by atoms with Crippen LogP contribution in [-0.4, -0.2) is 94.4 Å². The summed E-state index contributed by atoms with van der Waals surface area (Å²) in [6.45, 7) is 14.5. The predicted octanol–water partition coefficient (Wildman–Crippen LogP) is 1.05. The maximum absolute atomic E-state index is 9.21. The summed E-state index contributed by atoms with van der Waals surface area (Å²) < 4.78 is 0. The Labute approximate surface area is 184 Å². The van der Waals surface area contributed by atoms with Gasteiger partial charge >= 0.3 is 0 Å². The summed E-state index contributed by atoms with van der Waals surface area (Å²) in [4.78, 5) is 27.8. The highest BCUT2D eigenvalue weighted by molar-refractivity contribution is 5.50. The Hall–Kier alpha value is -2.52. The second-order valence-corrected chi connectivity index (χ2v) is 8.83. The monoisotopic (exact) mass is 426 g/mol. The Bertz CT molecular complexity index is 868. The van der Waals surface area contributed by atoms with Crippen molar-refractivity contribution >= 4 is 17.6 Å². The van der Waals surface area contributed by atoms with Crippen molar-refractivity contribution in [2.24, 2.45) is 0 Å². The van der Waals surface area contributed by atoms with E-state index in [2.05, 4.69) is 55.3 Å². The molecule has 0 unspecified atom stereocenters. The molecule has 0 saturated carbocycles. The zero-order valence-corrected chi connectivity index (χ0v) is 18.9. The van der Waals surface area contributed by atoms with Gasteiger partial charge < -0.3 is 24.7 Å². The van der Waals surface area contributed by atoms with Crippen LogP contribution in [0.3, 0.4) is 0 Å².